The summed E-state index contributed by atoms with van der Waals surface area (Å²) in [6.45, 7) is 12.1. The minimum absolute atomic E-state index is 0.137. The van der Waals surface area contributed by atoms with E-state index in [2.05, 4.69) is 33.4 Å². The SMILES string of the molecule is C=C(C)C1C=C1C(C)(C)CC1OC1C(C)=O. The van der Waals surface area contributed by atoms with E-state index >= 15 is 0 Å². The van der Waals surface area contributed by atoms with E-state index in [4.69, 9.17) is 4.74 Å². The lowest BCUT2D eigenvalue weighted by molar-refractivity contribution is -0.118. The molecular weight excluding hydrogens is 200 g/mol. The number of allylic oxidation sites excluding steroid dienone is 3. The lowest BCUT2D eigenvalue weighted by atomic mass is 9.81. The number of carbonyl (C=O) groups is 1. The highest BCUT2D eigenvalue weighted by atomic mass is 16.6. The Morgan fingerprint density at radius 1 is 1.50 bits per heavy atom. The van der Waals surface area contributed by atoms with Crippen LogP contribution in [0.3, 0.4) is 0 Å². The first-order valence-corrected chi connectivity index (χ1v) is 5.86. The van der Waals surface area contributed by atoms with Crippen LogP contribution < -0.4 is 0 Å². The topological polar surface area (TPSA) is 29.6 Å². The van der Waals surface area contributed by atoms with Crippen molar-refractivity contribution in [3.8, 4) is 0 Å². The summed E-state index contributed by atoms with van der Waals surface area (Å²) >= 11 is 0. The van der Waals surface area contributed by atoms with E-state index < -0.39 is 0 Å². The Balaban J connectivity index is 1.89. The second kappa shape index (κ2) is 3.56. The molecule has 2 nitrogen and oxygen atoms in total. The van der Waals surface area contributed by atoms with Gasteiger partial charge in [-0.3, -0.25) is 4.79 Å². The summed E-state index contributed by atoms with van der Waals surface area (Å²) < 4.78 is 5.39. The molecule has 88 valence electrons. The molecule has 1 aliphatic heterocycles. The van der Waals surface area contributed by atoms with Gasteiger partial charge in [-0.15, -0.1) is 0 Å². The molecule has 3 unspecified atom stereocenters. The third-order valence-electron chi connectivity index (χ3n) is 3.58. The minimum atomic E-state index is -0.137. The van der Waals surface area contributed by atoms with E-state index in [9.17, 15) is 4.79 Å². The summed E-state index contributed by atoms with van der Waals surface area (Å²) in [5, 5.41) is 0. The quantitative estimate of drug-likeness (QED) is 0.526. The summed E-state index contributed by atoms with van der Waals surface area (Å²) in [6, 6.07) is 0. The van der Waals surface area contributed by atoms with Crippen LogP contribution in [0.15, 0.2) is 23.8 Å². The van der Waals surface area contributed by atoms with Gasteiger partial charge in [0.1, 0.15) is 6.10 Å². The van der Waals surface area contributed by atoms with Gasteiger partial charge in [0.25, 0.3) is 0 Å². The highest BCUT2D eigenvalue weighted by Crippen LogP contribution is 2.51. The summed E-state index contributed by atoms with van der Waals surface area (Å²) in [5.74, 6) is 0.645. The number of hydrogen-bond donors (Lipinski definition) is 0. The zero-order valence-corrected chi connectivity index (χ0v) is 10.5. The first-order valence-electron chi connectivity index (χ1n) is 5.86. The number of carbonyl (C=O) groups excluding carboxylic acids is 1. The van der Waals surface area contributed by atoms with E-state index in [0.29, 0.717) is 5.92 Å². The summed E-state index contributed by atoms with van der Waals surface area (Å²) in [6.07, 6.45) is 3.21. The van der Waals surface area contributed by atoms with Gasteiger partial charge in [0, 0.05) is 5.92 Å². The predicted octanol–water partition coefficient (Wildman–Crippen LogP) is 2.89. The van der Waals surface area contributed by atoms with Gasteiger partial charge in [-0.05, 0) is 25.7 Å². The number of ketones is 1. The first-order chi connectivity index (χ1) is 7.33. The molecule has 0 amide bonds. The second-order valence-electron chi connectivity index (χ2n) is 5.74. The number of ether oxygens (including phenoxy) is 1. The van der Waals surface area contributed by atoms with Crippen LogP contribution in [0.25, 0.3) is 0 Å². The van der Waals surface area contributed by atoms with E-state index in [1.807, 2.05) is 0 Å². The van der Waals surface area contributed by atoms with Crippen LogP contribution in [0.1, 0.15) is 34.1 Å². The van der Waals surface area contributed by atoms with Crippen LogP contribution in [0.5, 0.6) is 0 Å². The molecule has 1 fully saturated rings. The molecule has 16 heavy (non-hydrogen) atoms. The molecule has 0 aromatic rings. The number of epoxide rings is 1. The first kappa shape index (κ1) is 11.6. The van der Waals surface area contributed by atoms with Crippen molar-refractivity contribution in [3.63, 3.8) is 0 Å². The van der Waals surface area contributed by atoms with E-state index in [1.54, 1.807) is 6.92 Å². The van der Waals surface area contributed by atoms with Crippen LogP contribution >= 0.6 is 0 Å². The van der Waals surface area contributed by atoms with Gasteiger partial charge in [0.15, 0.2) is 5.78 Å². The number of rotatable bonds is 5. The molecule has 0 spiro atoms. The van der Waals surface area contributed by atoms with Crippen molar-refractivity contribution in [3.05, 3.63) is 23.8 Å². The lowest BCUT2D eigenvalue weighted by Crippen LogP contribution is -2.17. The molecule has 0 saturated carbocycles. The Morgan fingerprint density at radius 2 is 2.12 bits per heavy atom. The van der Waals surface area contributed by atoms with Gasteiger partial charge in [0.05, 0.1) is 6.10 Å². The summed E-state index contributed by atoms with van der Waals surface area (Å²) in [4.78, 5) is 11.1. The van der Waals surface area contributed by atoms with Gasteiger partial charge >= 0.3 is 0 Å². The fourth-order valence-corrected chi connectivity index (χ4v) is 2.46. The van der Waals surface area contributed by atoms with Crippen LogP contribution in [-0.4, -0.2) is 18.0 Å². The molecule has 2 heteroatoms. The molecule has 3 atom stereocenters. The Kier molecular flexibility index (Phi) is 2.58. The van der Waals surface area contributed by atoms with Crippen LogP contribution in [0.4, 0.5) is 0 Å². The third kappa shape index (κ3) is 2.12. The van der Waals surface area contributed by atoms with Crippen molar-refractivity contribution in [1.82, 2.24) is 0 Å². The number of hydrogen-bond acceptors (Lipinski definition) is 2. The molecule has 1 heterocycles. The molecule has 0 radical (unpaired) electrons. The van der Waals surface area contributed by atoms with Gasteiger partial charge in [-0.1, -0.05) is 37.6 Å². The minimum Gasteiger partial charge on any atom is -0.361 e. The van der Waals surface area contributed by atoms with Crippen LogP contribution in [-0.2, 0) is 9.53 Å². The molecule has 0 N–H and O–H groups in total. The van der Waals surface area contributed by atoms with Crippen molar-refractivity contribution in [2.75, 3.05) is 0 Å². The van der Waals surface area contributed by atoms with Crippen LogP contribution in [0.2, 0.25) is 0 Å². The Hall–Kier alpha value is -0.890. The Bertz CT molecular complexity index is 376. The maximum atomic E-state index is 11.1. The average Bonchev–Trinajstić information content (AvgIpc) is 2.96. The highest BCUT2D eigenvalue weighted by Gasteiger charge is 2.48. The molecule has 2 rings (SSSR count). The van der Waals surface area contributed by atoms with Crippen molar-refractivity contribution in [2.45, 2.75) is 46.3 Å². The summed E-state index contributed by atoms with van der Waals surface area (Å²) in [5.41, 5.74) is 2.80. The zero-order valence-electron chi connectivity index (χ0n) is 10.5. The Morgan fingerprint density at radius 3 is 2.50 bits per heavy atom. The number of Topliss-reactive ketones (excluding diaryl/α,β-unsaturated/α-hetero) is 1. The van der Waals surface area contributed by atoms with Crippen molar-refractivity contribution in [2.24, 2.45) is 11.3 Å². The summed E-state index contributed by atoms with van der Waals surface area (Å²) in [7, 11) is 0. The monoisotopic (exact) mass is 220 g/mol. The van der Waals surface area contributed by atoms with E-state index in [-0.39, 0.29) is 23.4 Å². The van der Waals surface area contributed by atoms with E-state index in [1.165, 1.54) is 11.1 Å². The zero-order chi connectivity index (χ0) is 12.1. The van der Waals surface area contributed by atoms with Gasteiger partial charge in [-0.2, -0.15) is 0 Å². The van der Waals surface area contributed by atoms with E-state index in [0.717, 1.165) is 6.42 Å². The van der Waals surface area contributed by atoms with Gasteiger partial charge in [-0.25, -0.2) is 0 Å². The molecule has 0 aromatic carbocycles. The maximum absolute atomic E-state index is 11.1. The normalized spacial score (nSPS) is 32.0. The average molecular weight is 220 g/mol. The standard InChI is InChI=1S/C14H20O2/c1-8(2)10-6-11(10)14(4,5)7-12-13(16-12)9(3)15/h6,10,12-13H,1,7H2,2-5H3. The smallest absolute Gasteiger partial charge is 0.161 e. The molecule has 0 aromatic heterocycles. The largest absolute Gasteiger partial charge is 0.361 e. The van der Waals surface area contributed by atoms with Gasteiger partial charge in [0.2, 0.25) is 0 Å². The lowest BCUT2D eigenvalue weighted by Gasteiger charge is -2.22. The molecule has 2 aliphatic rings. The molecular formula is C14H20O2. The van der Waals surface area contributed by atoms with Crippen LogP contribution in [0, 0.1) is 11.3 Å². The van der Waals surface area contributed by atoms with Crippen molar-refractivity contribution >= 4 is 5.78 Å². The maximum Gasteiger partial charge on any atom is 0.161 e. The van der Waals surface area contributed by atoms with Gasteiger partial charge < -0.3 is 4.74 Å². The second-order valence-corrected chi connectivity index (χ2v) is 5.74. The van der Waals surface area contributed by atoms with Crippen molar-refractivity contribution < 1.29 is 9.53 Å². The fraction of sp³-hybridized carbons (Fsp3) is 0.643. The molecule has 0 bridgehead atoms. The Labute approximate surface area is 97.4 Å². The molecule has 1 saturated heterocycles. The fourth-order valence-electron chi connectivity index (χ4n) is 2.46. The highest BCUT2D eigenvalue weighted by molar-refractivity contribution is 5.83. The van der Waals surface area contributed by atoms with Crippen molar-refractivity contribution in [1.29, 1.82) is 0 Å². The molecule has 1 aliphatic carbocycles. The predicted molar refractivity (Wildman–Crippen MR) is 64.1 cm³/mol. The third-order valence-corrected chi connectivity index (χ3v) is 3.58.